The summed E-state index contributed by atoms with van der Waals surface area (Å²) in [6.07, 6.45) is 0. The van der Waals surface area contributed by atoms with Gasteiger partial charge in [0, 0.05) is 0 Å². The van der Waals surface area contributed by atoms with Crippen LogP contribution < -0.4 is 0 Å². The molecule has 2 aromatic carbocycles. The van der Waals surface area contributed by atoms with Crippen LogP contribution in [0.5, 0.6) is 0 Å². The van der Waals surface area contributed by atoms with Gasteiger partial charge in [-0.2, -0.15) is 0 Å². The molecule has 0 saturated carbocycles. The highest BCUT2D eigenvalue weighted by Crippen LogP contribution is 2.35. The first-order valence-corrected chi connectivity index (χ1v) is 6.81. The quantitative estimate of drug-likeness (QED) is 0.675. The lowest BCUT2D eigenvalue weighted by atomic mass is 9.84. The maximum absolute atomic E-state index is 13.4. The highest BCUT2D eigenvalue weighted by Gasteiger charge is 2.15. The Morgan fingerprint density at radius 2 is 1.74 bits per heavy atom. The second kappa shape index (κ2) is 5.56. The van der Waals surface area contributed by atoms with Crippen molar-refractivity contribution in [2.24, 2.45) is 0 Å². The molecule has 0 spiro atoms. The number of benzene rings is 2. The Labute approximate surface area is 115 Å². The van der Waals surface area contributed by atoms with Crippen molar-refractivity contribution in [1.82, 2.24) is 0 Å². The summed E-state index contributed by atoms with van der Waals surface area (Å²) in [5.41, 5.74) is 4.58. The van der Waals surface area contributed by atoms with Gasteiger partial charge in [0.25, 0.3) is 0 Å². The molecule has 1 radical (unpaired) electrons. The van der Waals surface area contributed by atoms with Crippen molar-refractivity contribution in [2.45, 2.75) is 39.5 Å². The van der Waals surface area contributed by atoms with Crippen LogP contribution in [0.1, 0.15) is 50.7 Å². The van der Waals surface area contributed by atoms with E-state index in [1.807, 2.05) is 0 Å². The van der Waals surface area contributed by atoms with Crippen LogP contribution in [0, 0.1) is 11.9 Å². The predicted octanol–water partition coefficient (Wildman–Crippen LogP) is 5.54. The molecule has 0 N–H and O–H groups in total. The van der Waals surface area contributed by atoms with E-state index in [2.05, 4.69) is 52.0 Å². The molecule has 0 nitrogen and oxygen atoms in total. The molecule has 0 heterocycles. The molecule has 0 fully saturated rings. The number of rotatable bonds is 3. The van der Waals surface area contributed by atoms with E-state index in [0.29, 0.717) is 11.8 Å². The summed E-state index contributed by atoms with van der Waals surface area (Å²) in [4.78, 5) is 0. The monoisotopic (exact) mass is 255 g/mol. The minimum atomic E-state index is -0.210. The van der Waals surface area contributed by atoms with Crippen LogP contribution in [0.15, 0.2) is 36.4 Å². The summed E-state index contributed by atoms with van der Waals surface area (Å²) in [5.74, 6) is 0.662. The maximum atomic E-state index is 13.4. The molecule has 1 heteroatoms. The van der Waals surface area contributed by atoms with E-state index in [1.54, 1.807) is 12.1 Å². The van der Waals surface area contributed by atoms with E-state index < -0.39 is 0 Å². The summed E-state index contributed by atoms with van der Waals surface area (Å²) in [6, 6.07) is 14.1. The van der Waals surface area contributed by atoms with E-state index >= 15 is 0 Å². The van der Waals surface area contributed by atoms with Gasteiger partial charge in [0.1, 0.15) is 5.82 Å². The third kappa shape index (κ3) is 2.86. The first kappa shape index (κ1) is 13.8. The fourth-order valence-corrected chi connectivity index (χ4v) is 2.56. The SMILES string of the molecule is CC(C)c1cccc(-c2[c]ccc(F)c2)c1C(C)C. The molecule has 0 unspecified atom stereocenters. The highest BCUT2D eigenvalue weighted by atomic mass is 19.1. The molecule has 0 saturated heterocycles. The van der Waals surface area contributed by atoms with Crippen molar-refractivity contribution in [3.8, 4) is 11.1 Å². The van der Waals surface area contributed by atoms with Crippen LogP contribution in [0.2, 0.25) is 0 Å². The standard InChI is InChI=1S/C18H20F/c1-12(2)16-9-6-10-17(18(16)13(3)4)14-7-5-8-15(19)11-14/h5-6,8-13H,1-4H3. The lowest BCUT2D eigenvalue weighted by molar-refractivity contribution is 0.628. The van der Waals surface area contributed by atoms with Crippen molar-refractivity contribution < 1.29 is 4.39 Å². The summed E-state index contributed by atoms with van der Waals surface area (Å²) < 4.78 is 13.4. The summed E-state index contributed by atoms with van der Waals surface area (Å²) in [6.45, 7) is 8.76. The Kier molecular flexibility index (Phi) is 4.04. The number of hydrogen-bond donors (Lipinski definition) is 0. The Hall–Kier alpha value is -1.63. The van der Waals surface area contributed by atoms with Gasteiger partial charge < -0.3 is 0 Å². The van der Waals surface area contributed by atoms with Gasteiger partial charge in [-0.25, -0.2) is 4.39 Å². The van der Waals surface area contributed by atoms with Gasteiger partial charge in [-0.3, -0.25) is 0 Å². The molecule has 2 rings (SSSR count). The van der Waals surface area contributed by atoms with Crippen molar-refractivity contribution in [3.63, 3.8) is 0 Å². The van der Waals surface area contributed by atoms with E-state index in [4.69, 9.17) is 0 Å². The molecule has 0 aliphatic heterocycles. The summed E-state index contributed by atoms with van der Waals surface area (Å²) >= 11 is 0. The maximum Gasteiger partial charge on any atom is 0.123 e. The third-order valence-corrected chi connectivity index (χ3v) is 3.39. The van der Waals surface area contributed by atoms with E-state index in [-0.39, 0.29) is 5.82 Å². The van der Waals surface area contributed by atoms with Crippen molar-refractivity contribution in [2.75, 3.05) is 0 Å². The van der Waals surface area contributed by atoms with Crippen LogP contribution in [0.3, 0.4) is 0 Å². The fraction of sp³-hybridized carbons (Fsp3) is 0.333. The number of hydrogen-bond acceptors (Lipinski definition) is 0. The minimum absolute atomic E-state index is 0.210. The molecular weight excluding hydrogens is 235 g/mol. The first-order chi connectivity index (χ1) is 9.00. The van der Waals surface area contributed by atoms with Crippen LogP contribution in [-0.2, 0) is 0 Å². The van der Waals surface area contributed by atoms with Gasteiger partial charge in [-0.1, -0.05) is 52.0 Å². The average Bonchev–Trinajstić information content (AvgIpc) is 2.37. The van der Waals surface area contributed by atoms with Gasteiger partial charge in [-0.15, -0.1) is 0 Å². The van der Waals surface area contributed by atoms with Crippen LogP contribution in [0.4, 0.5) is 4.39 Å². The van der Waals surface area contributed by atoms with Gasteiger partial charge in [0.05, 0.1) is 0 Å². The molecule has 0 aromatic heterocycles. The Balaban J connectivity index is 2.66. The van der Waals surface area contributed by atoms with Gasteiger partial charge >= 0.3 is 0 Å². The van der Waals surface area contributed by atoms with Crippen LogP contribution in [-0.4, -0.2) is 0 Å². The van der Waals surface area contributed by atoms with Gasteiger partial charge in [0.15, 0.2) is 0 Å². The minimum Gasteiger partial charge on any atom is -0.207 e. The molecule has 0 atom stereocenters. The Bertz CT molecular complexity index is 568. The normalized spacial score (nSPS) is 11.3. The van der Waals surface area contributed by atoms with E-state index in [1.165, 1.54) is 17.2 Å². The molecule has 0 aliphatic rings. The summed E-state index contributed by atoms with van der Waals surface area (Å²) in [7, 11) is 0. The second-order valence-electron chi connectivity index (χ2n) is 5.54. The molecular formula is C18H20F. The van der Waals surface area contributed by atoms with Crippen molar-refractivity contribution in [3.05, 3.63) is 59.4 Å². The van der Waals surface area contributed by atoms with Crippen molar-refractivity contribution in [1.29, 1.82) is 0 Å². The Morgan fingerprint density at radius 1 is 1.00 bits per heavy atom. The van der Waals surface area contributed by atoms with Gasteiger partial charge in [-0.05, 0) is 52.3 Å². The van der Waals surface area contributed by atoms with Crippen molar-refractivity contribution >= 4 is 0 Å². The molecule has 0 bridgehead atoms. The van der Waals surface area contributed by atoms with Crippen LogP contribution >= 0.6 is 0 Å². The van der Waals surface area contributed by atoms with Gasteiger partial charge in [0.2, 0.25) is 0 Å². The topological polar surface area (TPSA) is 0 Å². The fourth-order valence-electron chi connectivity index (χ4n) is 2.56. The second-order valence-corrected chi connectivity index (χ2v) is 5.54. The number of halogens is 1. The van der Waals surface area contributed by atoms with E-state index in [0.717, 1.165) is 11.1 Å². The van der Waals surface area contributed by atoms with E-state index in [9.17, 15) is 4.39 Å². The first-order valence-electron chi connectivity index (χ1n) is 6.81. The molecule has 0 amide bonds. The zero-order valence-corrected chi connectivity index (χ0v) is 12.0. The largest absolute Gasteiger partial charge is 0.207 e. The zero-order chi connectivity index (χ0) is 14.0. The molecule has 0 aliphatic carbocycles. The lowest BCUT2D eigenvalue weighted by Gasteiger charge is -2.20. The summed E-state index contributed by atoms with van der Waals surface area (Å²) in [5, 5.41) is 0. The highest BCUT2D eigenvalue weighted by molar-refractivity contribution is 5.69. The molecule has 2 aromatic rings. The lowest BCUT2D eigenvalue weighted by Crippen LogP contribution is -2.01. The predicted molar refractivity (Wildman–Crippen MR) is 78.9 cm³/mol. The zero-order valence-electron chi connectivity index (χ0n) is 12.0. The van der Waals surface area contributed by atoms with Crippen LogP contribution in [0.25, 0.3) is 11.1 Å². The molecule has 99 valence electrons. The Morgan fingerprint density at radius 3 is 2.32 bits per heavy atom. The molecule has 19 heavy (non-hydrogen) atoms. The average molecular weight is 255 g/mol. The smallest absolute Gasteiger partial charge is 0.123 e. The third-order valence-electron chi connectivity index (χ3n) is 3.39.